The summed E-state index contributed by atoms with van der Waals surface area (Å²) >= 11 is 1.58. The summed E-state index contributed by atoms with van der Waals surface area (Å²) in [5.74, 6) is 0.0258. The molecule has 1 spiro atoms. The zero-order chi connectivity index (χ0) is 13.6. The number of aryl methyl sites for hydroxylation is 2. The van der Waals surface area contributed by atoms with E-state index in [0.717, 1.165) is 41.3 Å². The zero-order valence-corrected chi connectivity index (χ0v) is 12.2. The Hall–Kier alpha value is -1.23. The second-order valence-corrected chi connectivity index (χ2v) is 6.99. The highest BCUT2D eigenvalue weighted by Crippen LogP contribution is 2.47. The summed E-state index contributed by atoms with van der Waals surface area (Å²) in [6.45, 7) is 4.34. The van der Waals surface area contributed by atoms with Gasteiger partial charge < -0.3 is 0 Å². The van der Waals surface area contributed by atoms with Crippen molar-refractivity contribution >= 4 is 23.2 Å². The lowest BCUT2D eigenvalue weighted by Gasteiger charge is -2.20. The van der Waals surface area contributed by atoms with Crippen LogP contribution in [0.3, 0.4) is 0 Å². The number of hydrogen-bond acceptors (Lipinski definition) is 4. The number of rotatable bonds is 2. The Morgan fingerprint density at radius 1 is 1.26 bits per heavy atom. The number of amides is 2. The molecular formula is C14H18N2O2S. The highest BCUT2D eigenvalue weighted by molar-refractivity contribution is 7.11. The third-order valence-electron chi connectivity index (χ3n) is 4.42. The van der Waals surface area contributed by atoms with Crippen LogP contribution in [0, 0.1) is 19.3 Å². The zero-order valence-electron chi connectivity index (χ0n) is 11.4. The van der Waals surface area contributed by atoms with E-state index >= 15 is 0 Å². The molecule has 0 radical (unpaired) electrons. The second kappa shape index (κ2) is 4.40. The molecule has 1 saturated carbocycles. The van der Waals surface area contributed by atoms with E-state index in [0.29, 0.717) is 13.0 Å². The molecule has 19 heavy (non-hydrogen) atoms. The predicted molar refractivity (Wildman–Crippen MR) is 72.7 cm³/mol. The van der Waals surface area contributed by atoms with Crippen molar-refractivity contribution < 1.29 is 9.59 Å². The Balaban J connectivity index is 1.81. The third-order valence-corrected chi connectivity index (χ3v) is 5.47. The molecule has 0 atom stereocenters. The molecule has 2 amide bonds. The van der Waals surface area contributed by atoms with Crippen molar-refractivity contribution in [3.63, 3.8) is 0 Å². The van der Waals surface area contributed by atoms with Gasteiger partial charge in [-0.1, -0.05) is 12.8 Å². The quantitative estimate of drug-likeness (QED) is 0.781. The number of aromatic nitrogens is 1. The molecule has 0 N–H and O–H groups in total. The van der Waals surface area contributed by atoms with Crippen molar-refractivity contribution in [2.75, 3.05) is 0 Å². The van der Waals surface area contributed by atoms with Crippen LogP contribution in [0.4, 0.5) is 0 Å². The van der Waals surface area contributed by atoms with Gasteiger partial charge in [0.1, 0.15) is 5.01 Å². The fourth-order valence-corrected chi connectivity index (χ4v) is 4.13. The van der Waals surface area contributed by atoms with Crippen LogP contribution in [0.2, 0.25) is 0 Å². The number of imide groups is 1. The standard InChI is InChI=1S/C14H18N2O2S/c1-9-10(2)19-11(15-9)8-16-12(17)7-14(13(16)18)5-3-4-6-14/h3-8H2,1-2H3. The summed E-state index contributed by atoms with van der Waals surface area (Å²) < 4.78 is 0. The van der Waals surface area contributed by atoms with E-state index in [1.54, 1.807) is 11.3 Å². The predicted octanol–water partition coefficient (Wildman–Crippen LogP) is 2.58. The van der Waals surface area contributed by atoms with E-state index in [9.17, 15) is 9.59 Å². The van der Waals surface area contributed by atoms with Gasteiger partial charge in [0.05, 0.1) is 17.7 Å². The lowest BCUT2D eigenvalue weighted by molar-refractivity contribution is -0.142. The minimum Gasteiger partial charge on any atom is -0.275 e. The van der Waals surface area contributed by atoms with E-state index in [4.69, 9.17) is 0 Å². The summed E-state index contributed by atoms with van der Waals surface area (Å²) in [5, 5.41) is 0.867. The van der Waals surface area contributed by atoms with Crippen LogP contribution < -0.4 is 0 Å². The molecule has 0 aromatic carbocycles. The normalized spacial score (nSPS) is 21.9. The summed E-state index contributed by atoms with van der Waals surface area (Å²) in [7, 11) is 0. The van der Waals surface area contributed by atoms with Crippen molar-refractivity contribution in [3.8, 4) is 0 Å². The molecule has 0 unspecified atom stereocenters. The van der Waals surface area contributed by atoms with Gasteiger partial charge in [-0.2, -0.15) is 0 Å². The fraction of sp³-hybridized carbons (Fsp3) is 0.643. The van der Waals surface area contributed by atoms with Crippen LogP contribution in [-0.2, 0) is 16.1 Å². The van der Waals surface area contributed by atoms with Gasteiger partial charge in [0.15, 0.2) is 0 Å². The molecule has 2 fully saturated rings. The minimum absolute atomic E-state index is 0.0163. The molecule has 1 aromatic heterocycles. The minimum atomic E-state index is -0.363. The van der Waals surface area contributed by atoms with E-state index in [2.05, 4.69) is 4.98 Å². The molecule has 2 heterocycles. The second-order valence-electron chi connectivity index (χ2n) is 5.70. The Morgan fingerprint density at radius 2 is 1.95 bits per heavy atom. The Labute approximate surface area is 116 Å². The third kappa shape index (κ3) is 2.00. The van der Waals surface area contributed by atoms with Gasteiger partial charge in [0, 0.05) is 11.3 Å². The number of hydrogen-bond donors (Lipinski definition) is 0. The number of carbonyl (C=O) groups excluding carboxylic acids is 2. The van der Waals surface area contributed by atoms with Gasteiger partial charge in [-0.25, -0.2) is 4.98 Å². The molecule has 1 aliphatic carbocycles. The number of nitrogens with zero attached hydrogens (tertiary/aromatic N) is 2. The van der Waals surface area contributed by atoms with Crippen molar-refractivity contribution in [2.24, 2.45) is 5.41 Å². The van der Waals surface area contributed by atoms with Crippen LogP contribution >= 0.6 is 11.3 Å². The Kier molecular flexibility index (Phi) is 2.96. The number of carbonyl (C=O) groups is 2. The average molecular weight is 278 g/mol. The van der Waals surface area contributed by atoms with Crippen LogP contribution in [0.5, 0.6) is 0 Å². The lowest BCUT2D eigenvalue weighted by Crippen LogP contribution is -2.33. The maximum Gasteiger partial charge on any atom is 0.236 e. The van der Waals surface area contributed by atoms with Crippen LogP contribution in [0.25, 0.3) is 0 Å². The molecule has 5 heteroatoms. The molecule has 1 aromatic rings. The molecule has 102 valence electrons. The summed E-state index contributed by atoms with van der Waals surface area (Å²) in [5.41, 5.74) is 0.632. The first-order chi connectivity index (χ1) is 9.02. The van der Waals surface area contributed by atoms with Gasteiger partial charge >= 0.3 is 0 Å². The van der Waals surface area contributed by atoms with Gasteiger partial charge in [0.25, 0.3) is 0 Å². The van der Waals surface area contributed by atoms with Gasteiger partial charge in [-0.05, 0) is 26.7 Å². The largest absolute Gasteiger partial charge is 0.275 e. The summed E-state index contributed by atoms with van der Waals surface area (Å²) in [6.07, 6.45) is 4.31. The van der Waals surface area contributed by atoms with E-state index < -0.39 is 0 Å². The van der Waals surface area contributed by atoms with Gasteiger partial charge in [0.2, 0.25) is 11.8 Å². The van der Waals surface area contributed by atoms with Crippen LogP contribution in [0.15, 0.2) is 0 Å². The van der Waals surface area contributed by atoms with Crippen LogP contribution in [-0.4, -0.2) is 21.7 Å². The highest BCUT2D eigenvalue weighted by atomic mass is 32.1. The fourth-order valence-electron chi connectivity index (χ4n) is 3.20. The SMILES string of the molecule is Cc1nc(CN2C(=O)CC3(CCCC3)C2=O)sc1C. The molecule has 1 saturated heterocycles. The molecule has 4 nitrogen and oxygen atoms in total. The number of thiazole rings is 1. The van der Waals surface area contributed by atoms with Crippen molar-refractivity contribution in [2.45, 2.75) is 52.5 Å². The van der Waals surface area contributed by atoms with E-state index in [-0.39, 0.29) is 17.2 Å². The van der Waals surface area contributed by atoms with Crippen molar-refractivity contribution in [3.05, 3.63) is 15.6 Å². The van der Waals surface area contributed by atoms with Crippen LogP contribution in [0.1, 0.15) is 47.7 Å². The first kappa shape index (κ1) is 12.8. The molecular weight excluding hydrogens is 260 g/mol. The molecule has 2 aliphatic rings. The monoisotopic (exact) mass is 278 g/mol. The molecule has 1 aliphatic heterocycles. The van der Waals surface area contributed by atoms with E-state index in [1.807, 2.05) is 13.8 Å². The van der Waals surface area contributed by atoms with Crippen molar-refractivity contribution in [1.82, 2.24) is 9.88 Å². The summed E-state index contributed by atoms with van der Waals surface area (Å²) in [4.78, 5) is 31.7. The Morgan fingerprint density at radius 3 is 2.53 bits per heavy atom. The first-order valence-electron chi connectivity index (χ1n) is 6.79. The van der Waals surface area contributed by atoms with E-state index in [1.165, 1.54) is 4.90 Å². The smallest absolute Gasteiger partial charge is 0.236 e. The van der Waals surface area contributed by atoms with Gasteiger partial charge in [-0.15, -0.1) is 11.3 Å². The van der Waals surface area contributed by atoms with Gasteiger partial charge in [-0.3, -0.25) is 14.5 Å². The first-order valence-corrected chi connectivity index (χ1v) is 7.61. The highest BCUT2D eigenvalue weighted by Gasteiger charge is 2.52. The number of likely N-dealkylation sites (tertiary alicyclic amines) is 1. The summed E-state index contributed by atoms with van der Waals surface area (Å²) in [6, 6.07) is 0. The maximum absolute atomic E-state index is 12.5. The Bertz CT molecular complexity index is 524. The topological polar surface area (TPSA) is 50.3 Å². The molecule has 3 rings (SSSR count). The maximum atomic E-state index is 12.5. The molecule has 0 bridgehead atoms. The lowest BCUT2D eigenvalue weighted by atomic mass is 9.84. The average Bonchev–Trinajstić information content (AvgIpc) is 2.99. The van der Waals surface area contributed by atoms with Crippen molar-refractivity contribution in [1.29, 1.82) is 0 Å².